The molecule has 0 aromatic heterocycles. The SMILES string of the molecule is CC(C)c1cccc(C(C)C)c1N1[P+](=S)N(c2c(C(C)C)cccc2C(C)C)[P+]1=S. The molecule has 0 N–H and O–H groups in total. The van der Waals surface area contributed by atoms with E-state index in [2.05, 4.69) is 101 Å². The summed E-state index contributed by atoms with van der Waals surface area (Å²) in [6.45, 7) is 16.3. The van der Waals surface area contributed by atoms with Gasteiger partial charge in [0.15, 0.2) is 0 Å². The lowest BCUT2D eigenvalue weighted by atomic mass is 9.93. The molecule has 0 aliphatic carbocycles. The van der Waals surface area contributed by atoms with Gasteiger partial charge in [0.05, 0.1) is 8.88 Å². The maximum absolute atomic E-state index is 6.20. The molecular weight excluding hydrogens is 442 g/mol. The van der Waals surface area contributed by atoms with E-state index in [9.17, 15) is 0 Å². The topological polar surface area (TPSA) is 6.48 Å². The van der Waals surface area contributed by atoms with Gasteiger partial charge in [-0.05, 0) is 45.9 Å². The molecule has 3 rings (SSSR count). The number of rotatable bonds is 6. The lowest BCUT2D eigenvalue weighted by Crippen LogP contribution is -2.32. The fraction of sp³-hybridized carbons (Fsp3) is 0.500. The van der Waals surface area contributed by atoms with E-state index >= 15 is 0 Å². The maximum Gasteiger partial charge on any atom is 0.510 e. The Morgan fingerprint density at radius 1 is 0.533 bits per heavy atom. The molecule has 0 saturated carbocycles. The van der Waals surface area contributed by atoms with E-state index in [0.717, 1.165) is 0 Å². The molecule has 30 heavy (non-hydrogen) atoms. The van der Waals surface area contributed by atoms with Crippen LogP contribution in [0, 0.1) is 0 Å². The van der Waals surface area contributed by atoms with Crippen LogP contribution in [-0.2, 0) is 23.6 Å². The molecule has 1 saturated heterocycles. The summed E-state index contributed by atoms with van der Waals surface area (Å²) in [5.41, 5.74) is 8.12. The molecule has 1 aliphatic heterocycles. The highest BCUT2D eigenvalue weighted by atomic mass is 32.5. The van der Waals surface area contributed by atoms with Crippen LogP contribution in [0.4, 0.5) is 11.4 Å². The third-order valence-corrected chi connectivity index (χ3v) is 13.3. The fourth-order valence-corrected chi connectivity index (χ4v) is 11.8. The normalized spacial score (nSPS) is 16.9. The summed E-state index contributed by atoms with van der Waals surface area (Å²) in [7, 11) is 0. The Morgan fingerprint density at radius 3 is 0.967 bits per heavy atom. The van der Waals surface area contributed by atoms with Crippen LogP contribution in [0.1, 0.15) is 101 Å². The van der Waals surface area contributed by atoms with Crippen molar-refractivity contribution in [1.82, 2.24) is 0 Å². The first kappa shape index (κ1) is 23.7. The van der Waals surface area contributed by atoms with Crippen molar-refractivity contribution in [1.29, 1.82) is 0 Å². The summed E-state index contributed by atoms with van der Waals surface area (Å²) in [6.07, 6.45) is 0. The highest BCUT2D eigenvalue weighted by Crippen LogP contribution is 2.70. The standard InChI is InChI=1S/C24H34N2P2S2/c1-15(2)19-11-9-12-20(16(3)4)23(19)25-27(29)26(28(25)30)24-21(17(5)6)13-10-14-22(24)18(7)8/h9-18H,1-8H3/q+2. The van der Waals surface area contributed by atoms with E-state index in [1.54, 1.807) is 0 Å². The summed E-state index contributed by atoms with van der Waals surface area (Å²) >= 11 is 12.4. The molecule has 6 heteroatoms. The van der Waals surface area contributed by atoms with Gasteiger partial charge in [-0.25, -0.2) is 0 Å². The van der Waals surface area contributed by atoms with Crippen LogP contribution in [0.5, 0.6) is 0 Å². The molecule has 0 amide bonds. The zero-order chi connectivity index (χ0) is 22.3. The van der Waals surface area contributed by atoms with Gasteiger partial charge in [0.25, 0.3) is 0 Å². The van der Waals surface area contributed by atoms with Crippen LogP contribution in [-0.4, -0.2) is 0 Å². The molecule has 1 fully saturated rings. The lowest BCUT2D eigenvalue weighted by molar-refractivity contribution is 0.833. The molecule has 0 bridgehead atoms. The van der Waals surface area contributed by atoms with Gasteiger partial charge in [0.1, 0.15) is 11.4 Å². The molecule has 2 aromatic rings. The first-order chi connectivity index (χ1) is 14.1. The van der Waals surface area contributed by atoms with Crippen molar-refractivity contribution in [2.24, 2.45) is 0 Å². The highest BCUT2D eigenvalue weighted by Gasteiger charge is 2.67. The van der Waals surface area contributed by atoms with Crippen molar-refractivity contribution in [3.05, 3.63) is 58.7 Å². The van der Waals surface area contributed by atoms with E-state index in [-0.39, 0.29) is 0 Å². The second kappa shape index (κ2) is 9.29. The predicted molar refractivity (Wildman–Crippen MR) is 143 cm³/mol. The zero-order valence-electron chi connectivity index (χ0n) is 19.4. The predicted octanol–water partition coefficient (Wildman–Crippen LogP) is 9.05. The Kier molecular flexibility index (Phi) is 7.35. The molecule has 1 heterocycles. The van der Waals surface area contributed by atoms with Gasteiger partial charge in [0.2, 0.25) is 23.6 Å². The summed E-state index contributed by atoms with van der Waals surface area (Å²) in [5, 5.41) is 0. The highest BCUT2D eigenvalue weighted by molar-refractivity contribution is 8.26. The van der Waals surface area contributed by atoms with Crippen LogP contribution >= 0.6 is 14.0 Å². The molecule has 160 valence electrons. The molecule has 0 unspecified atom stereocenters. The lowest BCUT2D eigenvalue weighted by Gasteiger charge is -2.28. The van der Waals surface area contributed by atoms with Crippen molar-refractivity contribution < 1.29 is 0 Å². The van der Waals surface area contributed by atoms with Crippen molar-refractivity contribution in [2.75, 3.05) is 8.88 Å². The minimum Gasteiger partial charge on any atom is -0.0615 e. The van der Waals surface area contributed by atoms with Gasteiger partial charge < -0.3 is 0 Å². The third kappa shape index (κ3) is 4.09. The van der Waals surface area contributed by atoms with E-state index in [1.807, 2.05) is 0 Å². The van der Waals surface area contributed by atoms with Crippen molar-refractivity contribution in [3.8, 4) is 0 Å². The Bertz CT molecular complexity index is 839. The molecular formula is C24H34N2P2S2+2. The van der Waals surface area contributed by atoms with Crippen LogP contribution in [0.2, 0.25) is 0 Å². The summed E-state index contributed by atoms with van der Waals surface area (Å²) in [4.78, 5) is 0. The number of hydrogen-bond acceptors (Lipinski definition) is 2. The Labute approximate surface area is 195 Å². The van der Waals surface area contributed by atoms with Crippen LogP contribution in [0.25, 0.3) is 0 Å². The summed E-state index contributed by atoms with van der Waals surface area (Å²) in [6, 6.07) is 13.4. The van der Waals surface area contributed by atoms with Crippen LogP contribution < -0.4 is 8.88 Å². The summed E-state index contributed by atoms with van der Waals surface area (Å²) in [5.74, 6) is 1.77. The average Bonchev–Trinajstić information content (AvgIpc) is 2.67. The first-order valence-electron chi connectivity index (χ1n) is 10.9. The molecule has 0 radical (unpaired) electrons. The quantitative estimate of drug-likeness (QED) is 0.383. The number of para-hydroxylation sites is 2. The third-order valence-electron chi connectivity index (χ3n) is 5.73. The van der Waals surface area contributed by atoms with Gasteiger partial charge >= 0.3 is 14.0 Å². The average molecular weight is 477 g/mol. The van der Waals surface area contributed by atoms with Gasteiger partial charge in [-0.3, -0.25) is 0 Å². The van der Waals surface area contributed by atoms with E-state index in [0.29, 0.717) is 23.7 Å². The molecule has 1 aliphatic rings. The van der Waals surface area contributed by atoms with E-state index < -0.39 is 14.0 Å². The molecule has 2 nitrogen and oxygen atoms in total. The molecule has 0 atom stereocenters. The largest absolute Gasteiger partial charge is 0.510 e. The van der Waals surface area contributed by atoms with E-state index in [4.69, 9.17) is 23.6 Å². The second-order valence-electron chi connectivity index (χ2n) is 9.27. The van der Waals surface area contributed by atoms with Crippen LogP contribution in [0.15, 0.2) is 36.4 Å². The fourth-order valence-electron chi connectivity index (χ4n) is 4.09. The zero-order valence-corrected chi connectivity index (χ0v) is 22.8. The van der Waals surface area contributed by atoms with Crippen molar-refractivity contribution in [2.45, 2.75) is 79.1 Å². The Morgan fingerprint density at radius 2 is 0.767 bits per heavy atom. The molecule has 2 aromatic carbocycles. The number of nitrogens with zero attached hydrogens (tertiary/aromatic N) is 2. The summed E-state index contributed by atoms with van der Waals surface area (Å²) < 4.78 is 4.84. The monoisotopic (exact) mass is 476 g/mol. The minimum atomic E-state index is -0.926. The first-order valence-corrected chi connectivity index (χ1v) is 15.4. The van der Waals surface area contributed by atoms with Crippen molar-refractivity contribution in [3.63, 3.8) is 0 Å². The second-order valence-corrected chi connectivity index (χ2v) is 14.5. The van der Waals surface area contributed by atoms with Gasteiger partial charge in [-0.2, -0.15) is 0 Å². The van der Waals surface area contributed by atoms with Gasteiger partial charge in [0, 0.05) is 0 Å². The van der Waals surface area contributed by atoms with E-state index in [1.165, 1.54) is 33.6 Å². The molecule has 0 spiro atoms. The minimum absolute atomic E-state index is 0.443. The van der Waals surface area contributed by atoms with Crippen molar-refractivity contribution >= 4 is 49.0 Å². The number of benzene rings is 2. The van der Waals surface area contributed by atoms with Gasteiger partial charge in [-0.1, -0.05) is 91.8 Å². The number of hydrogen-bond donors (Lipinski definition) is 0. The van der Waals surface area contributed by atoms with Gasteiger partial charge in [-0.15, -0.1) is 0 Å². The Hall–Kier alpha value is -0.920. The maximum atomic E-state index is 6.20. The number of anilines is 2. The van der Waals surface area contributed by atoms with Crippen LogP contribution in [0.3, 0.4) is 0 Å². The Balaban J connectivity index is 2.14. The smallest absolute Gasteiger partial charge is 0.0615 e.